The summed E-state index contributed by atoms with van der Waals surface area (Å²) in [6.07, 6.45) is 0. The molecule has 20 heavy (non-hydrogen) atoms. The van der Waals surface area contributed by atoms with Crippen LogP contribution in [-0.4, -0.2) is 11.0 Å². The van der Waals surface area contributed by atoms with E-state index in [1.54, 1.807) is 19.1 Å². The minimum absolute atomic E-state index is 0.000293. The average molecular weight is 314 g/mol. The van der Waals surface area contributed by atoms with Crippen LogP contribution in [0.3, 0.4) is 0 Å². The van der Waals surface area contributed by atoms with E-state index < -0.39 is 11.7 Å². The van der Waals surface area contributed by atoms with E-state index in [-0.39, 0.29) is 27.0 Å². The molecule has 0 aliphatic carbocycles. The number of nitrogens with one attached hydrogen (secondary N) is 1. The Hall–Kier alpha value is -1.78. The number of carbonyl (C=O) groups is 1. The number of phenols is 1. The van der Waals surface area contributed by atoms with Crippen LogP contribution in [0.5, 0.6) is 5.75 Å². The van der Waals surface area contributed by atoms with Gasteiger partial charge in [0.15, 0.2) is 0 Å². The first-order valence-electron chi connectivity index (χ1n) is 5.64. The number of aromatic hydroxyl groups is 1. The summed E-state index contributed by atoms with van der Waals surface area (Å²) in [6.45, 7) is 1.71. The van der Waals surface area contributed by atoms with Gasteiger partial charge < -0.3 is 10.4 Å². The lowest BCUT2D eigenvalue weighted by Crippen LogP contribution is -2.12. The summed E-state index contributed by atoms with van der Waals surface area (Å²) >= 11 is 11.7. The van der Waals surface area contributed by atoms with Crippen molar-refractivity contribution in [3.05, 3.63) is 57.3 Å². The fraction of sp³-hybridized carbons (Fsp3) is 0.0714. The van der Waals surface area contributed by atoms with E-state index in [4.69, 9.17) is 23.2 Å². The van der Waals surface area contributed by atoms with E-state index in [0.29, 0.717) is 5.56 Å². The van der Waals surface area contributed by atoms with E-state index in [2.05, 4.69) is 5.32 Å². The Balaban J connectivity index is 2.30. The van der Waals surface area contributed by atoms with Crippen molar-refractivity contribution in [2.75, 3.05) is 5.32 Å². The van der Waals surface area contributed by atoms with Crippen molar-refractivity contribution in [2.24, 2.45) is 0 Å². The first kappa shape index (κ1) is 14.6. The molecule has 0 unspecified atom stereocenters. The van der Waals surface area contributed by atoms with Crippen molar-refractivity contribution in [2.45, 2.75) is 6.92 Å². The van der Waals surface area contributed by atoms with Gasteiger partial charge in [0.05, 0.1) is 15.7 Å². The van der Waals surface area contributed by atoms with Crippen LogP contribution >= 0.6 is 23.2 Å². The molecular formula is C14H10Cl2FNO2. The lowest BCUT2D eigenvalue weighted by atomic mass is 10.1. The third-order valence-corrected chi connectivity index (χ3v) is 3.31. The van der Waals surface area contributed by atoms with Crippen molar-refractivity contribution in [1.29, 1.82) is 0 Å². The Bertz CT molecular complexity index is 666. The quantitative estimate of drug-likeness (QED) is 0.863. The first-order chi connectivity index (χ1) is 9.38. The number of benzene rings is 2. The molecule has 2 aromatic carbocycles. The third-order valence-electron chi connectivity index (χ3n) is 2.72. The maximum Gasteiger partial charge on any atom is 0.255 e. The Kier molecular flexibility index (Phi) is 4.16. The number of phenolic OH excluding ortho intramolecular Hbond substituents is 1. The molecule has 0 heterocycles. The number of anilines is 1. The predicted octanol–water partition coefficient (Wildman–Crippen LogP) is 4.40. The summed E-state index contributed by atoms with van der Waals surface area (Å²) < 4.78 is 13.1. The average Bonchev–Trinajstić information content (AvgIpc) is 2.36. The molecule has 6 heteroatoms. The maximum absolute atomic E-state index is 13.1. The van der Waals surface area contributed by atoms with Gasteiger partial charge in [-0.05, 0) is 36.8 Å². The fourth-order valence-electron chi connectivity index (χ4n) is 1.60. The maximum atomic E-state index is 13.1. The van der Waals surface area contributed by atoms with Crippen LogP contribution in [0.25, 0.3) is 0 Å². The Morgan fingerprint density at radius 1 is 1.20 bits per heavy atom. The summed E-state index contributed by atoms with van der Waals surface area (Å²) in [5.74, 6) is -1.09. The van der Waals surface area contributed by atoms with Gasteiger partial charge in [-0.2, -0.15) is 0 Å². The molecule has 2 N–H and O–H groups in total. The number of hydrogen-bond donors (Lipinski definition) is 2. The highest BCUT2D eigenvalue weighted by molar-refractivity contribution is 6.40. The number of hydrogen-bond acceptors (Lipinski definition) is 2. The summed E-state index contributed by atoms with van der Waals surface area (Å²) in [7, 11) is 0. The highest BCUT2D eigenvalue weighted by Crippen LogP contribution is 2.32. The second-order valence-electron chi connectivity index (χ2n) is 4.20. The predicted molar refractivity (Wildman–Crippen MR) is 77.2 cm³/mol. The molecule has 0 bridgehead atoms. The van der Waals surface area contributed by atoms with Gasteiger partial charge in [-0.1, -0.05) is 29.3 Å². The van der Waals surface area contributed by atoms with Crippen molar-refractivity contribution in [3.63, 3.8) is 0 Å². The largest absolute Gasteiger partial charge is 0.508 e. The summed E-state index contributed by atoms with van der Waals surface area (Å²) in [6, 6.07) is 6.59. The Morgan fingerprint density at radius 2 is 1.80 bits per heavy atom. The molecule has 0 saturated heterocycles. The fourth-order valence-corrected chi connectivity index (χ4v) is 2.15. The molecule has 1 amide bonds. The van der Waals surface area contributed by atoms with Gasteiger partial charge in [0, 0.05) is 5.56 Å². The minimum atomic E-state index is -0.592. The van der Waals surface area contributed by atoms with Crippen LogP contribution in [0.15, 0.2) is 30.3 Å². The third kappa shape index (κ3) is 3.03. The molecule has 0 aromatic heterocycles. The molecule has 0 radical (unpaired) electrons. The number of carbonyl (C=O) groups excluding carboxylic acids is 1. The summed E-state index contributed by atoms with van der Waals surface area (Å²) in [5, 5.41) is 12.1. The molecule has 0 saturated carbocycles. The number of amides is 1. The van der Waals surface area contributed by atoms with Gasteiger partial charge in [0.2, 0.25) is 0 Å². The molecule has 0 atom stereocenters. The topological polar surface area (TPSA) is 49.3 Å². The van der Waals surface area contributed by atoms with E-state index in [1.165, 1.54) is 6.07 Å². The normalized spacial score (nSPS) is 10.4. The van der Waals surface area contributed by atoms with E-state index >= 15 is 0 Å². The SMILES string of the molecule is Cc1ccc(C(=O)Nc2c(Cl)cc(F)cc2Cl)cc1O. The minimum Gasteiger partial charge on any atom is -0.508 e. The van der Waals surface area contributed by atoms with Crippen LogP contribution in [0.4, 0.5) is 10.1 Å². The lowest BCUT2D eigenvalue weighted by molar-refractivity contribution is 0.102. The summed E-state index contributed by atoms with van der Waals surface area (Å²) in [5.41, 5.74) is 1.02. The smallest absolute Gasteiger partial charge is 0.255 e. The van der Waals surface area contributed by atoms with Gasteiger partial charge >= 0.3 is 0 Å². The molecule has 2 rings (SSSR count). The zero-order chi connectivity index (χ0) is 14.9. The zero-order valence-electron chi connectivity index (χ0n) is 10.4. The second-order valence-corrected chi connectivity index (χ2v) is 5.01. The van der Waals surface area contributed by atoms with Crippen LogP contribution in [0, 0.1) is 12.7 Å². The van der Waals surface area contributed by atoms with E-state index in [9.17, 15) is 14.3 Å². The standard InChI is InChI=1S/C14H10Cl2FNO2/c1-7-2-3-8(4-12(7)19)14(20)18-13-10(15)5-9(17)6-11(13)16/h2-6,19H,1H3,(H,18,20). The lowest BCUT2D eigenvalue weighted by Gasteiger charge is -2.10. The van der Waals surface area contributed by atoms with Gasteiger partial charge in [0.1, 0.15) is 11.6 Å². The molecule has 104 valence electrons. The van der Waals surface area contributed by atoms with Crippen LogP contribution in [-0.2, 0) is 0 Å². The Morgan fingerprint density at radius 3 is 2.35 bits per heavy atom. The van der Waals surface area contributed by atoms with Gasteiger partial charge in [-0.15, -0.1) is 0 Å². The van der Waals surface area contributed by atoms with Crippen molar-refractivity contribution in [1.82, 2.24) is 0 Å². The van der Waals surface area contributed by atoms with Crippen LogP contribution in [0.1, 0.15) is 15.9 Å². The first-order valence-corrected chi connectivity index (χ1v) is 6.39. The highest BCUT2D eigenvalue weighted by Gasteiger charge is 2.14. The van der Waals surface area contributed by atoms with E-state index in [1.807, 2.05) is 0 Å². The number of halogens is 3. The molecular weight excluding hydrogens is 304 g/mol. The summed E-state index contributed by atoms with van der Waals surface area (Å²) in [4.78, 5) is 12.0. The highest BCUT2D eigenvalue weighted by atomic mass is 35.5. The molecule has 2 aromatic rings. The van der Waals surface area contributed by atoms with Crippen molar-refractivity contribution in [3.8, 4) is 5.75 Å². The van der Waals surface area contributed by atoms with Gasteiger partial charge in [-0.25, -0.2) is 4.39 Å². The van der Waals surface area contributed by atoms with E-state index in [0.717, 1.165) is 12.1 Å². The monoisotopic (exact) mass is 313 g/mol. The second kappa shape index (κ2) is 5.69. The number of rotatable bonds is 2. The number of aryl methyl sites for hydroxylation is 1. The molecule has 0 spiro atoms. The molecule has 0 fully saturated rings. The Labute approximate surface area is 124 Å². The van der Waals surface area contributed by atoms with Crippen LogP contribution < -0.4 is 5.32 Å². The molecule has 3 nitrogen and oxygen atoms in total. The van der Waals surface area contributed by atoms with Crippen molar-refractivity contribution >= 4 is 34.8 Å². The van der Waals surface area contributed by atoms with Gasteiger partial charge in [-0.3, -0.25) is 4.79 Å². The zero-order valence-corrected chi connectivity index (χ0v) is 11.9. The van der Waals surface area contributed by atoms with Crippen LogP contribution in [0.2, 0.25) is 10.0 Å². The molecule has 0 aliphatic rings. The van der Waals surface area contributed by atoms with Gasteiger partial charge in [0.25, 0.3) is 5.91 Å². The van der Waals surface area contributed by atoms with Crippen molar-refractivity contribution < 1.29 is 14.3 Å². The molecule has 0 aliphatic heterocycles.